The van der Waals surface area contributed by atoms with Gasteiger partial charge in [-0.05, 0) is 56.7 Å². The van der Waals surface area contributed by atoms with Crippen LogP contribution in [0.3, 0.4) is 0 Å². The summed E-state index contributed by atoms with van der Waals surface area (Å²) in [5.74, 6) is 0.684. The molecular formula is C17H23ClN2O3. The maximum absolute atomic E-state index is 11.9. The highest BCUT2D eigenvalue weighted by molar-refractivity contribution is 6.32. The van der Waals surface area contributed by atoms with Crippen molar-refractivity contribution in [2.24, 2.45) is 0 Å². The van der Waals surface area contributed by atoms with Crippen molar-refractivity contribution in [3.8, 4) is 5.75 Å². The maximum Gasteiger partial charge on any atom is 0.319 e. The van der Waals surface area contributed by atoms with Crippen molar-refractivity contribution >= 4 is 23.3 Å². The fourth-order valence-corrected chi connectivity index (χ4v) is 3.27. The molecule has 5 nitrogen and oxygen atoms in total. The Morgan fingerprint density at radius 3 is 2.78 bits per heavy atom. The number of benzene rings is 1. The number of halogens is 1. The third kappa shape index (κ3) is 4.75. The van der Waals surface area contributed by atoms with E-state index < -0.39 is 0 Å². The quantitative estimate of drug-likeness (QED) is 0.854. The second-order valence-corrected chi connectivity index (χ2v) is 6.55. The standard InChI is InChI=1S/C17H23ClN2O3/c18-15-10-12(7-8-16(15)23-13-4-1-2-5-13)20-17(21)19-11-14-6-3-9-22-14/h7-8,10,13-14H,1-6,9,11H2,(H2,19,20,21). The van der Waals surface area contributed by atoms with E-state index in [9.17, 15) is 4.79 Å². The molecule has 23 heavy (non-hydrogen) atoms. The van der Waals surface area contributed by atoms with Crippen molar-refractivity contribution in [3.63, 3.8) is 0 Å². The molecule has 1 aliphatic heterocycles. The van der Waals surface area contributed by atoms with Gasteiger partial charge in [0.25, 0.3) is 0 Å². The van der Waals surface area contributed by atoms with Crippen molar-refractivity contribution in [3.05, 3.63) is 23.2 Å². The Bertz CT molecular complexity index is 541. The van der Waals surface area contributed by atoms with Crippen LogP contribution in [0.4, 0.5) is 10.5 Å². The molecule has 6 heteroatoms. The molecule has 1 saturated heterocycles. The van der Waals surface area contributed by atoms with Crippen LogP contribution in [0.2, 0.25) is 5.02 Å². The van der Waals surface area contributed by atoms with Crippen molar-refractivity contribution < 1.29 is 14.3 Å². The Hall–Kier alpha value is -1.46. The summed E-state index contributed by atoms with van der Waals surface area (Å²) >= 11 is 6.26. The molecule has 1 unspecified atom stereocenters. The van der Waals surface area contributed by atoms with Crippen molar-refractivity contribution in [2.75, 3.05) is 18.5 Å². The first-order valence-corrected chi connectivity index (χ1v) is 8.71. The Labute approximate surface area is 141 Å². The van der Waals surface area contributed by atoms with Crippen LogP contribution in [0, 0.1) is 0 Å². The van der Waals surface area contributed by atoms with Crippen LogP contribution in [0.5, 0.6) is 5.75 Å². The van der Waals surface area contributed by atoms with Gasteiger partial charge in [0.1, 0.15) is 5.75 Å². The number of carbonyl (C=O) groups is 1. The van der Waals surface area contributed by atoms with Crippen LogP contribution >= 0.6 is 11.6 Å². The third-order valence-corrected chi connectivity index (χ3v) is 4.60. The second-order valence-electron chi connectivity index (χ2n) is 6.14. The van der Waals surface area contributed by atoms with Gasteiger partial charge in [0.2, 0.25) is 0 Å². The molecule has 1 aliphatic carbocycles. The zero-order chi connectivity index (χ0) is 16.1. The SMILES string of the molecule is O=C(NCC1CCCO1)Nc1ccc(OC2CCCC2)c(Cl)c1. The van der Waals surface area contributed by atoms with E-state index in [-0.39, 0.29) is 18.2 Å². The van der Waals surface area contributed by atoms with E-state index in [1.807, 2.05) is 12.1 Å². The molecule has 1 atom stereocenters. The molecule has 1 aromatic rings. The van der Waals surface area contributed by atoms with Crippen LogP contribution in [-0.2, 0) is 4.74 Å². The number of nitrogens with one attached hydrogen (secondary N) is 2. The van der Waals surface area contributed by atoms with Crippen LogP contribution in [0.15, 0.2) is 18.2 Å². The molecule has 0 radical (unpaired) electrons. The molecule has 1 heterocycles. The largest absolute Gasteiger partial charge is 0.489 e. The highest BCUT2D eigenvalue weighted by Gasteiger charge is 2.18. The number of anilines is 1. The summed E-state index contributed by atoms with van der Waals surface area (Å²) in [5, 5.41) is 6.12. The third-order valence-electron chi connectivity index (χ3n) is 4.30. The van der Waals surface area contributed by atoms with Gasteiger partial charge >= 0.3 is 6.03 Å². The van der Waals surface area contributed by atoms with Gasteiger partial charge in [-0.1, -0.05) is 11.6 Å². The van der Waals surface area contributed by atoms with E-state index in [4.69, 9.17) is 21.1 Å². The molecule has 2 N–H and O–H groups in total. The number of hydrogen-bond acceptors (Lipinski definition) is 3. The summed E-state index contributed by atoms with van der Waals surface area (Å²) in [6.45, 7) is 1.31. The minimum atomic E-state index is -0.249. The summed E-state index contributed by atoms with van der Waals surface area (Å²) < 4.78 is 11.4. The van der Waals surface area contributed by atoms with E-state index in [0.717, 1.165) is 32.3 Å². The van der Waals surface area contributed by atoms with E-state index >= 15 is 0 Å². The van der Waals surface area contributed by atoms with Crippen LogP contribution in [-0.4, -0.2) is 31.4 Å². The zero-order valence-corrected chi connectivity index (χ0v) is 13.9. The van der Waals surface area contributed by atoms with Gasteiger partial charge in [0, 0.05) is 18.8 Å². The lowest BCUT2D eigenvalue weighted by Gasteiger charge is -2.15. The zero-order valence-electron chi connectivity index (χ0n) is 13.1. The molecular weight excluding hydrogens is 316 g/mol. The molecule has 0 spiro atoms. The molecule has 126 valence electrons. The number of ether oxygens (including phenoxy) is 2. The highest BCUT2D eigenvalue weighted by Crippen LogP contribution is 2.31. The van der Waals surface area contributed by atoms with Crippen molar-refractivity contribution in [1.82, 2.24) is 5.32 Å². The molecule has 3 rings (SSSR count). The van der Waals surface area contributed by atoms with E-state index in [0.29, 0.717) is 23.0 Å². The summed E-state index contributed by atoms with van der Waals surface area (Å²) in [5.41, 5.74) is 0.651. The lowest BCUT2D eigenvalue weighted by Crippen LogP contribution is -2.35. The minimum absolute atomic E-state index is 0.131. The van der Waals surface area contributed by atoms with Gasteiger partial charge < -0.3 is 20.1 Å². The summed E-state index contributed by atoms with van der Waals surface area (Å²) in [6, 6.07) is 5.09. The number of amides is 2. The number of carbonyl (C=O) groups excluding carboxylic acids is 1. The first-order chi connectivity index (χ1) is 11.2. The minimum Gasteiger partial charge on any atom is -0.489 e. The van der Waals surface area contributed by atoms with Crippen molar-refractivity contribution in [2.45, 2.75) is 50.7 Å². The Kier molecular flexibility index (Phi) is 5.62. The molecule has 1 aromatic carbocycles. The van der Waals surface area contributed by atoms with Gasteiger partial charge in [-0.2, -0.15) is 0 Å². The summed E-state index contributed by atoms with van der Waals surface area (Å²) in [4.78, 5) is 11.9. The lowest BCUT2D eigenvalue weighted by atomic mass is 10.2. The number of rotatable bonds is 5. The average molecular weight is 339 g/mol. The lowest BCUT2D eigenvalue weighted by molar-refractivity contribution is 0.112. The fraction of sp³-hybridized carbons (Fsp3) is 0.588. The average Bonchev–Trinajstić information content (AvgIpc) is 3.21. The monoisotopic (exact) mass is 338 g/mol. The predicted molar refractivity (Wildman–Crippen MR) is 90.3 cm³/mol. The number of hydrogen-bond donors (Lipinski definition) is 2. The number of urea groups is 1. The fourth-order valence-electron chi connectivity index (χ4n) is 3.05. The normalized spacial score (nSPS) is 21.3. The van der Waals surface area contributed by atoms with Gasteiger partial charge in [-0.15, -0.1) is 0 Å². The van der Waals surface area contributed by atoms with Crippen LogP contribution in [0.1, 0.15) is 38.5 Å². The van der Waals surface area contributed by atoms with E-state index in [1.165, 1.54) is 12.8 Å². The summed E-state index contributed by atoms with van der Waals surface area (Å²) in [6.07, 6.45) is 7.06. The van der Waals surface area contributed by atoms with Crippen molar-refractivity contribution in [1.29, 1.82) is 0 Å². The van der Waals surface area contributed by atoms with Gasteiger partial charge in [-0.25, -0.2) is 4.79 Å². The first-order valence-electron chi connectivity index (χ1n) is 8.33. The summed E-state index contributed by atoms with van der Waals surface area (Å²) in [7, 11) is 0. The molecule has 2 fully saturated rings. The van der Waals surface area contributed by atoms with Gasteiger partial charge in [0.15, 0.2) is 0 Å². The molecule has 0 bridgehead atoms. The van der Waals surface area contributed by atoms with Gasteiger partial charge in [0.05, 0.1) is 17.2 Å². The molecule has 2 amide bonds. The second kappa shape index (κ2) is 7.88. The Balaban J connectivity index is 1.49. The van der Waals surface area contributed by atoms with Crippen LogP contribution < -0.4 is 15.4 Å². The Morgan fingerprint density at radius 1 is 1.26 bits per heavy atom. The molecule has 0 aromatic heterocycles. The maximum atomic E-state index is 11.9. The molecule has 2 aliphatic rings. The predicted octanol–water partition coefficient (Wildman–Crippen LogP) is 3.96. The topological polar surface area (TPSA) is 59.6 Å². The smallest absolute Gasteiger partial charge is 0.319 e. The van der Waals surface area contributed by atoms with Crippen LogP contribution in [0.25, 0.3) is 0 Å². The molecule has 1 saturated carbocycles. The van der Waals surface area contributed by atoms with Gasteiger partial charge in [-0.3, -0.25) is 0 Å². The first kappa shape index (κ1) is 16.4. The Morgan fingerprint density at radius 2 is 2.09 bits per heavy atom. The highest BCUT2D eigenvalue weighted by atomic mass is 35.5. The van der Waals surface area contributed by atoms with E-state index in [1.54, 1.807) is 6.07 Å². The van der Waals surface area contributed by atoms with E-state index in [2.05, 4.69) is 10.6 Å².